The van der Waals surface area contributed by atoms with Crippen molar-refractivity contribution < 1.29 is 14.3 Å². The van der Waals surface area contributed by atoms with Gasteiger partial charge < -0.3 is 15.2 Å². The minimum absolute atomic E-state index is 0.139. The highest BCUT2D eigenvalue weighted by Gasteiger charge is 2.12. The molecule has 0 aliphatic rings. The van der Waals surface area contributed by atoms with Gasteiger partial charge in [-0.05, 0) is 39.0 Å². The first kappa shape index (κ1) is 14.8. The zero-order valence-corrected chi connectivity index (χ0v) is 11.5. The Morgan fingerprint density at radius 1 is 1.39 bits per heavy atom. The SMILES string of the molecule is CC(C)OC(=O)COc1ccc(Cl)cc1C(C)N. The van der Waals surface area contributed by atoms with E-state index >= 15 is 0 Å². The van der Waals surface area contributed by atoms with Crippen LogP contribution in [0.1, 0.15) is 32.4 Å². The lowest BCUT2D eigenvalue weighted by molar-refractivity contribution is -0.149. The maximum Gasteiger partial charge on any atom is 0.344 e. The second-order valence-electron chi connectivity index (χ2n) is 4.30. The van der Waals surface area contributed by atoms with Crippen LogP contribution in [0.4, 0.5) is 0 Å². The molecular weight excluding hydrogens is 254 g/mol. The van der Waals surface area contributed by atoms with E-state index in [2.05, 4.69) is 0 Å². The molecule has 0 spiro atoms. The van der Waals surface area contributed by atoms with E-state index in [1.807, 2.05) is 6.92 Å². The van der Waals surface area contributed by atoms with Crippen molar-refractivity contribution in [3.05, 3.63) is 28.8 Å². The number of halogens is 1. The van der Waals surface area contributed by atoms with Crippen LogP contribution >= 0.6 is 11.6 Å². The van der Waals surface area contributed by atoms with E-state index in [1.165, 1.54) is 0 Å². The summed E-state index contributed by atoms with van der Waals surface area (Å²) in [7, 11) is 0. The van der Waals surface area contributed by atoms with Gasteiger partial charge in [0, 0.05) is 16.6 Å². The molecule has 0 aliphatic heterocycles. The average molecular weight is 272 g/mol. The summed E-state index contributed by atoms with van der Waals surface area (Å²) in [6, 6.07) is 4.90. The molecule has 2 N–H and O–H groups in total. The van der Waals surface area contributed by atoms with E-state index in [0.717, 1.165) is 5.56 Å². The third kappa shape index (κ3) is 4.55. The number of carbonyl (C=O) groups excluding carboxylic acids is 1. The lowest BCUT2D eigenvalue weighted by atomic mass is 10.1. The van der Waals surface area contributed by atoms with Gasteiger partial charge in [0.05, 0.1) is 6.10 Å². The fourth-order valence-electron chi connectivity index (χ4n) is 1.44. The fraction of sp³-hybridized carbons (Fsp3) is 0.462. The lowest BCUT2D eigenvalue weighted by Crippen LogP contribution is -2.19. The molecule has 18 heavy (non-hydrogen) atoms. The summed E-state index contributed by atoms with van der Waals surface area (Å²) in [4.78, 5) is 11.4. The summed E-state index contributed by atoms with van der Waals surface area (Å²) in [5, 5.41) is 0.583. The highest BCUT2D eigenvalue weighted by Crippen LogP contribution is 2.27. The molecule has 1 aromatic rings. The van der Waals surface area contributed by atoms with Gasteiger partial charge >= 0.3 is 5.97 Å². The number of rotatable bonds is 5. The highest BCUT2D eigenvalue weighted by atomic mass is 35.5. The molecule has 1 unspecified atom stereocenters. The van der Waals surface area contributed by atoms with E-state index in [-0.39, 0.29) is 18.8 Å². The van der Waals surface area contributed by atoms with Gasteiger partial charge in [-0.1, -0.05) is 11.6 Å². The lowest BCUT2D eigenvalue weighted by Gasteiger charge is -2.14. The van der Waals surface area contributed by atoms with Gasteiger partial charge in [0.25, 0.3) is 0 Å². The van der Waals surface area contributed by atoms with E-state index < -0.39 is 5.97 Å². The van der Waals surface area contributed by atoms with E-state index in [9.17, 15) is 4.79 Å². The predicted octanol–water partition coefficient (Wildman–Crippen LogP) is 2.69. The summed E-state index contributed by atoms with van der Waals surface area (Å²) in [6.45, 7) is 5.26. The van der Waals surface area contributed by atoms with Gasteiger partial charge in [-0.15, -0.1) is 0 Å². The second-order valence-corrected chi connectivity index (χ2v) is 4.73. The van der Waals surface area contributed by atoms with Crippen molar-refractivity contribution in [3.63, 3.8) is 0 Å². The van der Waals surface area contributed by atoms with Crippen molar-refractivity contribution in [2.45, 2.75) is 32.9 Å². The number of benzene rings is 1. The monoisotopic (exact) mass is 271 g/mol. The minimum Gasteiger partial charge on any atom is -0.482 e. The molecule has 0 bridgehead atoms. The normalized spacial score (nSPS) is 12.3. The number of ether oxygens (including phenoxy) is 2. The maximum absolute atomic E-state index is 11.4. The Labute approximate surface area is 112 Å². The topological polar surface area (TPSA) is 61.5 Å². The number of nitrogens with two attached hydrogens (primary N) is 1. The zero-order chi connectivity index (χ0) is 13.7. The van der Waals surface area contributed by atoms with Crippen molar-refractivity contribution in [1.82, 2.24) is 0 Å². The first-order valence-electron chi connectivity index (χ1n) is 5.77. The summed E-state index contributed by atoms with van der Waals surface area (Å²) in [6.07, 6.45) is -0.153. The second kappa shape index (κ2) is 6.61. The van der Waals surface area contributed by atoms with Crippen LogP contribution in [0.2, 0.25) is 5.02 Å². The molecule has 1 rings (SSSR count). The molecular formula is C13H18ClNO3. The van der Waals surface area contributed by atoms with E-state index in [1.54, 1.807) is 32.0 Å². The Balaban J connectivity index is 2.70. The van der Waals surface area contributed by atoms with Crippen molar-refractivity contribution in [3.8, 4) is 5.75 Å². The number of hydrogen-bond donors (Lipinski definition) is 1. The van der Waals surface area contributed by atoms with Gasteiger partial charge in [0.15, 0.2) is 6.61 Å². The van der Waals surface area contributed by atoms with Crippen molar-refractivity contribution in [2.75, 3.05) is 6.61 Å². The summed E-state index contributed by atoms with van der Waals surface area (Å²) >= 11 is 5.89. The third-order valence-corrected chi connectivity index (χ3v) is 2.41. The van der Waals surface area contributed by atoms with Crippen molar-refractivity contribution in [1.29, 1.82) is 0 Å². The van der Waals surface area contributed by atoms with Crippen LogP contribution in [-0.2, 0) is 9.53 Å². The van der Waals surface area contributed by atoms with Crippen LogP contribution in [0.5, 0.6) is 5.75 Å². The van der Waals surface area contributed by atoms with Crippen LogP contribution < -0.4 is 10.5 Å². The smallest absolute Gasteiger partial charge is 0.344 e. The van der Waals surface area contributed by atoms with E-state index in [4.69, 9.17) is 26.8 Å². The molecule has 0 amide bonds. The highest BCUT2D eigenvalue weighted by molar-refractivity contribution is 6.30. The minimum atomic E-state index is -0.407. The van der Waals surface area contributed by atoms with Gasteiger partial charge in [-0.3, -0.25) is 0 Å². The van der Waals surface area contributed by atoms with Crippen LogP contribution in [-0.4, -0.2) is 18.7 Å². The molecule has 0 fully saturated rings. The molecule has 0 aliphatic carbocycles. The van der Waals surface area contributed by atoms with Gasteiger partial charge in [0.2, 0.25) is 0 Å². The van der Waals surface area contributed by atoms with Gasteiger partial charge in [0.1, 0.15) is 5.75 Å². The van der Waals surface area contributed by atoms with Crippen LogP contribution in [0.25, 0.3) is 0 Å². The Morgan fingerprint density at radius 2 is 2.06 bits per heavy atom. The fourth-order valence-corrected chi connectivity index (χ4v) is 1.62. The molecule has 4 nitrogen and oxygen atoms in total. The first-order valence-corrected chi connectivity index (χ1v) is 6.15. The number of esters is 1. The average Bonchev–Trinajstić information content (AvgIpc) is 2.26. The third-order valence-electron chi connectivity index (χ3n) is 2.18. The van der Waals surface area contributed by atoms with Crippen molar-refractivity contribution >= 4 is 17.6 Å². The molecule has 0 saturated heterocycles. The molecule has 0 heterocycles. The van der Waals surface area contributed by atoms with Gasteiger partial charge in [-0.2, -0.15) is 0 Å². The Morgan fingerprint density at radius 3 is 2.61 bits per heavy atom. The van der Waals surface area contributed by atoms with Crippen LogP contribution in [0.3, 0.4) is 0 Å². The predicted molar refractivity (Wildman–Crippen MR) is 70.8 cm³/mol. The first-order chi connectivity index (χ1) is 8.40. The molecule has 1 aromatic carbocycles. The Bertz CT molecular complexity index is 419. The maximum atomic E-state index is 11.4. The van der Waals surface area contributed by atoms with Crippen LogP contribution in [0, 0.1) is 0 Å². The number of hydrogen-bond acceptors (Lipinski definition) is 4. The van der Waals surface area contributed by atoms with Crippen LogP contribution in [0.15, 0.2) is 18.2 Å². The van der Waals surface area contributed by atoms with E-state index in [0.29, 0.717) is 10.8 Å². The van der Waals surface area contributed by atoms with Crippen molar-refractivity contribution in [2.24, 2.45) is 5.73 Å². The zero-order valence-electron chi connectivity index (χ0n) is 10.8. The molecule has 1 atom stereocenters. The summed E-state index contributed by atoms with van der Waals surface area (Å²) in [5.74, 6) is 0.144. The molecule has 0 radical (unpaired) electrons. The molecule has 0 saturated carbocycles. The molecule has 5 heteroatoms. The Hall–Kier alpha value is -1.26. The molecule has 0 aromatic heterocycles. The van der Waals surface area contributed by atoms with Gasteiger partial charge in [-0.25, -0.2) is 4.79 Å². The Kier molecular flexibility index (Phi) is 5.44. The number of carbonyl (C=O) groups is 1. The summed E-state index contributed by atoms with van der Waals surface area (Å²) < 4.78 is 10.4. The largest absolute Gasteiger partial charge is 0.482 e. The standard InChI is InChI=1S/C13H18ClNO3/c1-8(2)18-13(16)7-17-12-5-4-10(14)6-11(12)9(3)15/h4-6,8-9H,7,15H2,1-3H3. The summed E-state index contributed by atoms with van der Waals surface area (Å²) in [5.41, 5.74) is 6.58. The quantitative estimate of drug-likeness (QED) is 0.837. The molecule has 100 valence electrons.